The van der Waals surface area contributed by atoms with Gasteiger partial charge < -0.3 is 14.3 Å². The molecule has 8 nitrogen and oxygen atoms in total. The number of hydrogen-bond donors (Lipinski definition) is 0. The molecular weight excluding hydrogens is 358 g/mol. The van der Waals surface area contributed by atoms with Crippen LogP contribution >= 0.6 is 0 Å². The van der Waals surface area contributed by atoms with Gasteiger partial charge in [-0.25, -0.2) is 0 Å². The Labute approximate surface area is 163 Å². The van der Waals surface area contributed by atoms with E-state index in [1.54, 1.807) is 11.1 Å². The zero-order valence-electron chi connectivity index (χ0n) is 16.2. The van der Waals surface area contributed by atoms with Gasteiger partial charge >= 0.3 is 0 Å². The Hall–Kier alpha value is -2.77. The molecule has 0 spiro atoms. The molecule has 2 unspecified atom stereocenters. The fourth-order valence-corrected chi connectivity index (χ4v) is 4.04. The number of piperidine rings is 1. The van der Waals surface area contributed by atoms with Gasteiger partial charge in [-0.1, -0.05) is 11.2 Å². The molecule has 2 aliphatic rings. The summed E-state index contributed by atoms with van der Waals surface area (Å²) in [6.07, 6.45) is 3.79. The minimum absolute atomic E-state index is 0.0391. The van der Waals surface area contributed by atoms with Gasteiger partial charge in [-0.2, -0.15) is 4.98 Å². The van der Waals surface area contributed by atoms with Crippen molar-refractivity contribution in [3.05, 3.63) is 30.2 Å². The maximum absolute atomic E-state index is 13.0. The molecule has 2 aliphatic heterocycles. The molecular formula is C20H25N5O3. The SMILES string of the molecule is CC(C)N1CC(C(=O)N2CCCC(c3noc(-c4ccccn4)n3)C2)CC1=O. The Bertz CT molecular complexity index is 851. The van der Waals surface area contributed by atoms with Crippen molar-refractivity contribution in [1.82, 2.24) is 24.9 Å². The zero-order chi connectivity index (χ0) is 19.7. The summed E-state index contributed by atoms with van der Waals surface area (Å²) < 4.78 is 5.38. The van der Waals surface area contributed by atoms with E-state index in [2.05, 4.69) is 15.1 Å². The van der Waals surface area contributed by atoms with Gasteiger partial charge in [-0.3, -0.25) is 14.6 Å². The van der Waals surface area contributed by atoms with E-state index in [0.29, 0.717) is 43.5 Å². The summed E-state index contributed by atoms with van der Waals surface area (Å²) >= 11 is 0. The molecule has 0 bridgehead atoms. The molecule has 4 heterocycles. The van der Waals surface area contributed by atoms with Crippen LogP contribution in [-0.4, -0.2) is 62.4 Å². The lowest BCUT2D eigenvalue weighted by molar-refractivity contribution is -0.137. The largest absolute Gasteiger partial charge is 0.342 e. The predicted molar refractivity (Wildman–Crippen MR) is 101 cm³/mol. The first-order valence-corrected chi connectivity index (χ1v) is 9.86. The third-order valence-corrected chi connectivity index (χ3v) is 5.55. The normalized spacial score (nSPS) is 22.9. The molecule has 2 fully saturated rings. The number of likely N-dealkylation sites (tertiary alicyclic amines) is 2. The van der Waals surface area contributed by atoms with Crippen LogP contribution in [0.25, 0.3) is 11.6 Å². The van der Waals surface area contributed by atoms with Gasteiger partial charge in [-0.15, -0.1) is 0 Å². The highest BCUT2D eigenvalue weighted by Crippen LogP contribution is 2.29. The Morgan fingerprint density at radius 2 is 2.14 bits per heavy atom. The number of hydrogen-bond acceptors (Lipinski definition) is 6. The number of amides is 2. The van der Waals surface area contributed by atoms with E-state index in [1.807, 2.05) is 36.9 Å². The summed E-state index contributed by atoms with van der Waals surface area (Å²) in [5, 5.41) is 4.13. The summed E-state index contributed by atoms with van der Waals surface area (Å²) in [6, 6.07) is 5.66. The Morgan fingerprint density at radius 1 is 1.29 bits per heavy atom. The topological polar surface area (TPSA) is 92.4 Å². The van der Waals surface area contributed by atoms with Crippen molar-refractivity contribution < 1.29 is 14.1 Å². The van der Waals surface area contributed by atoms with Crippen molar-refractivity contribution in [3.63, 3.8) is 0 Å². The van der Waals surface area contributed by atoms with Gasteiger partial charge in [-0.05, 0) is 38.8 Å². The average molecular weight is 383 g/mol. The number of rotatable bonds is 4. The van der Waals surface area contributed by atoms with E-state index < -0.39 is 0 Å². The molecule has 28 heavy (non-hydrogen) atoms. The molecule has 2 saturated heterocycles. The van der Waals surface area contributed by atoms with Crippen molar-refractivity contribution in [2.45, 2.75) is 45.1 Å². The summed E-state index contributed by atoms with van der Waals surface area (Å²) in [5.74, 6) is 0.937. The van der Waals surface area contributed by atoms with Gasteiger partial charge in [0.2, 0.25) is 11.8 Å². The van der Waals surface area contributed by atoms with Crippen LogP contribution in [0.2, 0.25) is 0 Å². The van der Waals surface area contributed by atoms with E-state index in [9.17, 15) is 9.59 Å². The second kappa shape index (κ2) is 7.69. The monoisotopic (exact) mass is 383 g/mol. The number of nitrogens with zero attached hydrogens (tertiary/aromatic N) is 5. The first kappa shape index (κ1) is 18.6. The predicted octanol–water partition coefficient (Wildman–Crippen LogP) is 2.09. The second-order valence-corrected chi connectivity index (χ2v) is 7.84. The maximum Gasteiger partial charge on any atom is 0.276 e. The smallest absolute Gasteiger partial charge is 0.276 e. The lowest BCUT2D eigenvalue weighted by atomic mass is 9.95. The molecule has 0 N–H and O–H groups in total. The van der Waals surface area contributed by atoms with Crippen LogP contribution in [0.4, 0.5) is 0 Å². The molecule has 0 aliphatic carbocycles. The van der Waals surface area contributed by atoms with Crippen LogP contribution in [0.15, 0.2) is 28.9 Å². The molecule has 2 atom stereocenters. The third-order valence-electron chi connectivity index (χ3n) is 5.55. The van der Waals surface area contributed by atoms with E-state index >= 15 is 0 Å². The number of carbonyl (C=O) groups excluding carboxylic acids is 2. The van der Waals surface area contributed by atoms with Crippen LogP contribution in [0, 0.1) is 5.92 Å². The summed E-state index contributed by atoms with van der Waals surface area (Å²) in [4.78, 5) is 37.5. The van der Waals surface area contributed by atoms with E-state index in [4.69, 9.17) is 4.52 Å². The molecule has 2 amide bonds. The summed E-state index contributed by atoms with van der Waals surface area (Å²) in [6.45, 7) is 5.76. The van der Waals surface area contributed by atoms with Gasteiger partial charge in [0.25, 0.3) is 5.89 Å². The fraction of sp³-hybridized carbons (Fsp3) is 0.550. The minimum atomic E-state index is -0.247. The number of carbonyl (C=O) groups is 2. The van der Waals surface area contributed by atoms with Crippen molar-refractivity contribution in [2.75, 3.05) is 19.6 Å². The van der Waals surface area contributed by atoms with Crippen LogP contribution in [-0.2, 0) is 9.59 Å². The molecule has 8 heteroatoms. The van der Waals surface area contributed by atoms with Gasteiger partial charge in [0, 0.05) is 44.2 Å². The molecule has 2 aromatic rings. The van der Waals surface area contributed by atoms with Crippen LogP contribution < -0.4 is 0 Å². The molecule has 4 rings (SSSR count). The first-order valence-electron chi connectivity index (χ1n) is 9.86. The maximum atomic E-state index is 13.0. The second-order valence-electron chi connectivity index (χ2n) is 7.84. The van der Waals surface area contributed by atoms with Crippen LogP contribution in [0.5, 0.6) is 0 Å². The number of aromatic nitrogens is 3. The van der Waals surface area contributed by atoms with Crippen molar-refractivity contribution in [1.29, 1.82) is 0 Å². The highest BCUT2D eigenvalue weighted by Gasteiger charge is 2.39. The highest BCUT2D eigenvalue weighted by atomic mass is 16.5. The lowest BCUT2D eigenvalue weighted by Gasteiger charge is -2.33. The summed E-state index contributed by atoms with van der Waals surface area (Å²) in [5.41, 5.74) is 0.642. The minimum Gasteiger partial charge on any atom is -0.342 e. The van der Waals surface area contributed by atoms with Gasteiger partial charge in [0.05, 0.1) is 5.92 Å². The van der Waals surface area contributed by atoms with Crippen LogP contribution in [0.3, 0.4) is 0 Å². The van der Waals surface area contributed by atoms with Crippen LogP contribution in [0.1, 0.15) is 44.9 Å². The van der Waals surface area contributed by atoms with E-state index in [1.165, 1.54) is 0 Å². The number of pyridine rings is 1. The van der Waals surface area contributed by atoms with Gasteiger partial charge in [0.1, 0.15) is 5.69 Å². The van der Waals surface area contributed by atoms with Crippen molar-refractivity contribution in [3.8, 4) is 11.6 Å². The van der Waals surface area contributed by atoms with E-state index in [-0.39, 0.29) is 29.7 Å². The fourth-order valence-electron chi connectivity index (χ4n) is 4.04. The zero-order valence-corrected chi connectivity index (χ0v) is 16.2. The summed E-state index contributed by atoms with van der Waals surface area (Å²) in [7, 11) is 0. The van der Waals surface area contributed by atoms with Crippen molar-refractivity contribution >= 4 is 11.8 Å². The molecule has 2 aromatic heterocycles. The molecule has 148 valence electrons. The molecule has 0 saturated carbocycles. The van der Waals surface area contributed by atoms with E-state index in [0.717, 1.165) is 12.8 Å². The Morgan fingerprint density at radius 3 is 2.86 bits per heavy atom. The lowest BCUT2D eigenvalue weighted by Crippen LogP contribution is -2.43. The average Bonchev–Trinajstić information content (AvgIpc) is 3.35. The van der Waals surface area contributed by atoms with Gasteiger partial charge in [0.15, 0.2) is 5.82 Å². The standard InChI is InChI=1S/C20H25N5O3/c1-13(2)25-12-15(10-17(25)26)20(27)24-9-5-6-14(11-24)18-22-19(28-23-18)16-7-3-4-8-21-16/h3-4,7-8,13-15H,5-6,9-12H2,1-2H3. The third kappa shape index (κ3) is 3.63. The molecule has 0 radical (unpaired) electrons. The highest BCUT2D eigenvalue weighted by molar-refractivity contribution is 5.89. The Balaban J connectivity index is 1.43. The Kier molecular flexibility index (Phi) is 5.11. The quantitative estimate of drug-likeness (QED) is 0.803. The molecule has 0 aromatic carbocycles. The first-order chi connectivity index (χ1) is 13.5. The van der Waals surface area contributed by atoms with Crippen molar-refractivity contribution in [2.24, 2.45) is 5.92 Å².